The van der Waals surface area contributed by atoms with Crippen molar-refractivity contribution in [3.8, 4) is 0 Å². The van der Waals surface area contributed by atoms with Gasteiger partial charge < -0.3 is 5.32 Å². The van der Waals surface area contributed by atoms with Crippen LogP contribution in [0, 0.1) is 10.8 Å². The van der Waals surface area contributed by atoms with E-state index in [9.17, 15) is 4.79 Å². The van der Waals surface area contributed by atoms with E-state index in [4.69, 9.17) is 10.8 Å². The molecular formula is C21H21N7O. The number of hydrogen-bond donors (Lipinski definition) is 4. The molecule has 146 valence electrons. The molecule has 1 aliphatic heterocycles. The summed E-state index contributed by atoms with van der Waals surface area (Å²) in [7, 11) is 0. The van der Waals surface area contributed by atoms with Crippen LogP contribution in [0.25, 0.3) is 0 Å². The van der Waals surface area contributed by atoms with Crippen molar-refractivity contribution < 1.29 is 4.79 Å². The van der Waals surface area contributed by atoms with Crippen LogP contribution in [0.5, 0.6) is 0 Å². The Balaban J connectivity index is 1.47. The maximum atomic E-state index is 12.7. The van der Waals surface area contributed by atoms with Crippen molar-refractivity contribution in [3.63, 3.8) is 0 Å². The van der Waals surface area contributed by atoms with Gasteiger partial charge in [0.2, 0.25) is 5.82 Å². The highest BCUT2D eigenvalue weighted by molar-refractivity contribution is 6.13. The smallest absolute Gasteiger partial charge is 0.291 e. The number of anilines is 1. The van der Waals surface area contributed by atoms with E-state index >= 15 is 0 Å². The number of carbonyl (C=O) groups excluding carboxylic acids is 1. The zero-order valence-corrected chi connectivity index (χ0v) is 15.7. The van der Waals surface area contributed by atoms with Crippen molar-refractivity contribution in [2.45, 2.75) is 25.3 Å². The van der Waals surface area contributed by atoms with Crippen LogP contribution in [0.15, 0.2) is 54.6 Å². The average molecular weight is 387 g/mol. The Morgan fingerprint density at radius 3 is 2.76 bits per heavy atom. The third kappa shape index (κ3) is 3.91. The fourth-order valence-electron chi connectivity index (χ4n) is 3.46. The second kappa shape index (κ2) is 8.05. The molecule has 0 bridgehead atoms. The summed E-state index contributed by atoms with van der Waals surface area (Å²) in [5.74, 6) is 0.363. The first-order valence-corrected chi connectivity index (χ1v) is 9.38. The van der Waals surface area contributed by atoms with Gasteiger partial charge in [-0.15, -0.1) is 5.10 Å². The normalized spacial score (nSPS) is 16.1. The van der Waals surface area contributed by atoms with Crippen LogP contribution in [0.2, 0.25) is 0 Å². The number of rotatable bonds is 5. The number of aromatic nitrogens is 3. The fraction of sp³-hybridized carbons (Fsp3) is 0.190. The molecule has 1 unspecified atom stereocenters. The first-order valence-electron chi connectivity index (χ1n) is 9.38. The van der Waals surface area contributed by atoms with E-state index in [0.717, 1.165) is 23.2 Å². The van der Waals surface area contributed by atoms with Gasteiger partial charge in [0.05, 0.1) is 18.1 Å². The Hall–Kier alpha value is -3.81. The number of aromatic amines is 1. The molecule has 8 heteroatoms. The molecule has 1 aromatic heterocycles. The lowest BCUT2D eigenvalue weighted by molar-refractivity contribution is 0.0935. The predicted molar refractivity (Wildman–Crippen MR) is 111 cm³/mol. The van der Waals surface area contributed by atoms with Crippen LogP contribution >= 0.6 is 0 Å². The Morgan fingerprint density at radius 1 is 1.21 bits per heavy atom. The molecule has 4 N–H and O–H groups in total. The predicted octanol–water partition coefficient (Wildman–Crippen LogP) is 2.53. The quantitative estimate of drug-likeness (QED) is 0.397. The summed E-state index contributed by atoms with van der Waals surface area (Å²) < 4.78 is 0. The van der Waals surface area contributed by atoms with Gasteiger partial charge in [0.15, 0.2) is 0 Å². The highest BCUT2D eigenvalue weighted by Crippen LogP contribution is 2.26. The molecular weight excluding hydrogens is 366 g/mol. The average Bonchev–Trinajstić information content (AvgIpc) is 3.16. The Bertz CT molecular complexity index is 1040. The molecule has 8 nitrogen and oxygen atoms in total. The van der Waals surface area contributed by atoms with Crippen molar-refractivity contribution in [2.24, 2.45) is 0 Å². The highest BCUT2D eigenvalue weighted by atomic mass is 16.2. The topological polar surface area (TPSA) is 122 Å². The minimum absolute atomic E-state index is 0.0481. The first kappa shape index (κ1) is 18.5. The second-order valence-corrected chi connectivity index (χ2v) is 6.85. The molecule has 2 heterocycles. The summed E-state index contributed by atoms with van der Waals surface area (Å²) in [6, 6.07) is 17.0. The van der Waals surface area contributed by atoms with Gasteiger partial charge in [-0.25, -0.2) is 4.98 Å². The molecule has 29 heavy (non-hydrogen) atoms. The number of benzene rings is 2. The SMILES string of the molecule is N=CN1C(=N)C(NC(=O)c2n[nH]c(Cc3ccccc3)n2)CCc2ccccc21. The molecule has 0 aliphatic carbocycles. The maximum Gasteiger partial charge on any atom is 0.291 e. The lowest BCUT2D eigenvalue weighted by Crippen LogP contribution is -2.47. The number of H-pyrrole nitrogens is 1. The van der Waals surface area contributed by atoms with Crippen LogP contribution < -0.4 is 10.2 Å². The van der Waals surface area contributed by atoms with E-state index in [0.29, 0.717) is 25.1 Å². The minimum Gasteiger partial charge on any atom is -0.339 e. The van der Waals surface area contributed by atoms with Gasteiger partial charge in [0.1, 0.15) is 11.7 Å². The highest BCUT2D eigenvalue weighted by Gasteiger charge is 2.28. The van der Waals surface area contributed by atoms with Gasteiger partial charge in [-0.3, -0.25) is 25.6 Å². The number of para-hydroxylation sites is 1. The summed E-state index contributed by atoms with van der Waals surface area (Å²) in [5, 5.41) is 25.9. The zero-order valence-electron chi connectivity index (χ0n) is 15.7. The molecule has 1 atom stereocenters. The lowest BCUT2D eigenvalue weighted by Gasteiger charge is -2.24. The van der Waals surface area contributed by atoms with Crippen molar-refractivity contribution in [3.05, 3.63) is 77.4 Å². The minimum atomic E-state index is -0.535. The Morgan fingerprint density at radius 2 is 1.97 bits per heavy atom. The summed E-state index contributed by atoms with van der Waals surface area (Å²) in [5.41, 5.74) is 2.91. The summed E-state index contributed by atoms with van der Waals surface area (Å²) in [6.45, 7) is 0. The van der Waals surface area contributed by atoms with E-state index in [2.05, 4.69) is 20.5 Å². The van der Waals surface area contributed by atoms with Crippen LogP contribution in [0.4, 0.5) is 5.69 Å². The second-order valence-electron chi connectivity index (χ2n) is 6.85. The molecule has 0 fully saturated rings. The largest absolute Gasteiger partial charge is 0.339 e. The number of nitrogens with one attached hydrogen (secondary N) is 4. The first-order chi connectivity index (χ1) is 14.2. The molecule has 1 amide bonds. The van der Waals surface area contributed by atoms with Gasteiger partial charge in [-0.2, -0.15) is 0 Å². The van der Waals surface area contributed by atoms with Crippen LogP contribution in [-0.4, -0.2) is 39.3 Å². The number of hydrogen-bond acceptors (Lipinski definition) is 5. The zero-order chi connectivity index (χ0) is 20.2. The van der Waals surface area contributed by atoms with Crippen molar-refractivity contribution in [1.29, 1.82) is 10.8 Å². The van der Waals surface area contributed by atoms with Crippen molar-refractivity contribution >= 4 is 23.8 Å². The number of amidine groups is 1. The summed E-state index contributed by atoms with van der Waals surface area (Å²) in [6.07, 6.45) is 2.92. The van der Waals surface area contributed by atoms with Crippen LogP contribution in [0.3, 0.4) is 0 Å². The third-order valence-corrected chi connectivity index (χ3v) is 4.93. The molecule has 0 radical (unpaired) electrons. The third-order valence-electron chi connectivity index (χ3n) is 4.93. The molecule has 0 saturated heterocycles. The van der Waals surface area contributed by atoms with E-state index in [1.54, 1.807) is 0 Å². The molecule has 3 aromatic rings. The van der Waals surface area contributed by atoms with Crippen molar-refractivity contribution in [1.82, 2.24) is 20.5 Å². The van der Waals surface area contributed by atoms with E-state index in [-0.39, 0.29) is 11.7 Å². The Labute approximate surface area is 168 Å². The number of aryl methyl sites for hydroxylation is 1. The number of fused-ring (bicyclic) bond motifs is 1. The summed E-state index contributed by atoms with van der Waals surface area (Å²) >= 11 is 0. The van der Waals surface area contributed by atoms with Gasteiger partial charge in [0, 0.05) is 6.42 Å². The molecule has 0 saturated carbocycles. The van der Waals surface area contributed by atoms with E-state index in [1.807, 2.05) is 54.6 Å². The van der Waals surface area contributed by atoms with Gasteiger partial charge in [0.25, 0.3) is 5.91 Å². The maximum absolute atomic E-state index is 12.7. The van der Waals surface area contributed by atoms with Crippen LogP contribution in [-0.2, 0) is 12.8 Å². The molecule has 1 aliphatic rings. The molecule has 2 aromatic carbocycles. The Kier molecular flexibility index (Phi) is 5.15. The van der Waals surface area contributed by atoms with Gasteiger partial charge in [-0.1, -0.05) is 48.5 Å². The van der Waals surface area contributed by atoms with Crippen LogP contribution in [0.1, 0.15) is 34.0 Å². The monoisotopic (exact) mass is 387 g/mol. The standard InChI is InChI=1S/C21H21N7O/c22-13-28-17-9-5-4-8-15(17)10-11-16(19(28)23)24-21(29)20-25-18(26-27-20)12-14-6-2-1-3-7-14/h1-9,13,16,22-23H,10-12H2,(H,24,29)(H,25,26,27). The van der Waals surface area contributed by atoms with Gasteiger partial charge >= 0.3 is 0 Å². The molecule has 4 rings (SSSR count). The number of nitrogens with zero attached hydrogens (tertiary/aromatic N) is 3. The number of amides is 1. The van der Waals surface area contributed by atoms with E-state index in [1.165, 1.54) is 4.90 Å². The van der Waals surface area contributed by atoms with E-state index < -0.39 is 11.9 Å². The van der Waals surface area contributed by atoms with Crippen molar-refractivity contribution in [2.75, 3.05) is 4.90 Å². The van der Waals surface area contributed by atoms with Gasteiger partial charge in [-0.05, 0) is 30.0 Å². The lowest BCUT2D eigenvalue weighted by atomic mass is 10.1. The number of carbonyl (C=O) groups is 1. The summed E-state index contributed by atoms with van der Waals surface area (Å²) in [4.78, 5) is 18.5. The molecule has 0 spiro atoms. The fourth-order valence-corrected chi connectivity index (χ4v) is 3.46.